The van der Waals surface area contributed by atoms with Gasteiger partial charge in [0, 0.05) is 38.1 Å². The van der Waals surface area contributed by atoms with Crippen molar-refractivity contribution in [2.24, 2.45) is 0 Å². The van der Waals surface area contributed by atoms with Crippen LogP contribution in [0.2, 0.25) is 0 Å². The standard InChI is InChI=1S/C8H13N3/c1-2-9-5-7(1)8-6-10-3-4-11-8/h1-2,5,8-11H,3-4,6H2. The minimum Gasteiger partial charge on any atom is -0.367 e. The van der Waals surface area contributed by atoms with Gasteiger partial charge in [0.2, 0.25) is 0 Å². The fourth-order valence-electron chi connectivity index (χ4n) is 1.44. The van der Waals surface area contributed by atoms with Crippen molar-refractivity contribution < 1.29 is 0 Å². The van der Waals surface area contributed by atoms with Gasteiger partial charge in [-0.25, -0.2) is 0 Å². The first kappa shape index (κ1) is 6.88. The second-order valence-electron chi connectivity index (χ2n) is 2.86. The highest BCUT2D eigenvalue weighted by Gasteiger charge is 2.13. The Hall–Kier alpha value is -0.800. The van der Waals surface area contributed by atoms with Crippen LogP contribution in [0.1, 0.15) is 11.6 Å². The maximum Gasteiger partial charge on any atom is 0.0462 e. The van der Waals surface area contributed by atoms with Crippen molar-refractivity contribution in [1.82, 2.24) is 15.6 Å². The van der Waals surface area contributed by atoms with Crippen molar-refractivity contribution >= 4 is 0 Å². The number of aromatic amines is 1. The van der Waals surface area contributed by atoms with Crippen molar-refractivity contribution in [3.05, 3.63) is 24.0 Å². The maximum atomic E-state index is 3.44. The Labute approximate surface area is 66.2 Å². The number of hydrogen-bond acceptors (Lipinski definition) is 2. The quantitative estimate of drug-likeness (QED) is 0.538. The molecule has 1 aliphatic heterocycles. The second-order valence-corrected chi connectivity index (χ2v) is 2.86. The van der Waals surface area contributed by atoms with Crippen LogP contribution in [-0.4, -0.2) is 24.6 Å². The molecule has 1 fully saturated rings. The summed E-state index contributed by atoms with van der Waals surface area (Å²) < 4.78 is 0. The topological polar surface area (TPSA) is 39.8 Å². The molecule has 0 spiro atoms. The first-order valence-corrected chi connectivity index (χ1v) is 4.03. The summed E-state index contributed by atoms with van der Waals surface area (Å²) in [4.78, 5) is 3.06. The summed E-state index contributed by atoms with van der Waals surface area (Å²) in [5.41, 5.74) is 1.34. The first-order valence-electron chi connectivity index (χ1n) is 4.03. The zero-order valence-electron chi connectivity index (χ0n) is 6.43. The molecule has 1 saturated heterocycles. The maximum absolute atomic E-state index is 3.44. The Kier molecular flexibility index (Phi) is 1.92. The van der Waals surface area contributed by atoms with E-state index in [4.69, 9.17) is 0 Å². The Balaban J connectivity index is 2.04. The van der Waals surface area contributed by atoms with Crippen LogP contribution in [0.5, 0.6) is 0 Å². The third-order valence-corrected chi connectivity index (χ3v) is 2.07. The predicted octanol–water partition coefficient (Wildman–Crippen LogP) is 0.249. The van der Waals surface area contributed by atoms with Crippen LogP contribution in [-0.2, 0) is 0 Å². The van der Waals surface area contributed by atoms with E-state index in [-0.39, 0.29) is 0 Å². The summed E-state index contributed by atoms with van der Waals surface area (Å²) >= 11 is 0. The van der Waals surface area contributed by atoms with Crippen molar-refractivity contribution in [2.45, 2.75) is 6.04 Å². The van der Waals surface area contributed by atoms with Crippen LogP contribution in [0, 0.1) is 0 Å². The molecule has 0 amide bonds. The first-order chi connectivity index (χ1) is 5.47. The van der Waals surface area contributed by atoms with Gasteiger partial charge >= 0.3 is 0 Å². The van der Waals surface area contributed by atoms with E-state index in [9.17, 15) is 0 Å². The molecule has 60 valence electrons. The third-order valence-electron chi connectivity index (χ3n) is 2.07. The number of nitrogens with one attached hydrogen (secondary N) is 3. The van der Waals surface area contributed by atoms with Gasteiger partial charge in [0.05, 0.1) is 0 Å². The van der Waals surface area contributed by atoms with Gasteiger partial charge in [-0.1, -0.05) is 0 Å². The molecule has 0 aromatic carbocycles. The van der Waals surface area contributed by atoms with Gasteiger partial charge in [-0.3, -0.25) is 0 Å². The fourth-order valence-corrected chi connectivity index (χ4v) is 1.44. The van der Waals surface area contributed by atoms with E-state index >= 15 is 0 Å². The average Bonchev–Trinajstić information content (AvgIpc) is 2.58. The lowest BCUT2D eigenvalue weighted by molar-refractivity contribution is 0.430. The molecule has 3 nitrogen and oxygen atoms in total. The number of piperazine rings is 1. The van der Waals surface area contributed by atoms with Crippen LogP contribution in [0.3, 0.4) is 0 Å². The molecule has 0 radical (unpaired) electrons. The monoisotopic (exact) mass is 151 g/mol. The Morgan fingerprint density at radius 2 is 2.36 bits per heavy atom. The van der Waals surface area contributed by atoms with Crippen molar-refractivity contribution in [1.29, 1.82) is 0 Å². The smallest absolute Gasteiger partial charge is 0.0462 e. The van der Waals surface area contributed by atoms with Gasteiger partial charge in [0.25, 0.3) is 0 Å². The van der Waals surface area contributed by atoms with Crippen molar-refractivity contribution in [3.8, 4) is 0 Å². The molecule has 1 atom stereocenters. The Morgan fingerprint density at radius 1 is 1.36 bits per heavy atom. The lowest BCUT2D eigenvalue weighted by Crippen LogP contribution is -2.42. The molecule has 1 aromatic heterocycles. The fraction of sp³-hybridized carbons (Fsp3) is 0.500. The number of hydrogen-bond donors (Lipinski definition) is 3. The number of H-pyrrole nitrogens is 1. The molecule has 3 heteroatoms. The van der Waals surface area contributed by atoms with E-state index in [0.29, 0.717) is 6.04 Å². The molecule has 2 heterocycles. The predicted molar refractivity (Wildman–Crippen MR) is 44.4 cm³/mol. The zero-order valence-corrected chi connectivity index (χ0v) is 6.43. The van der Waals surface area contributed by atoms with E-state index in [1.807, 2.05) is 12.4 Å². The van der Waals surface area contributed by atoms with E-state index in [1.165, 1.54) is 5.56 Å². The Bertz CT molecular complexity index is 199. The summed E-state index contributed by atoms with van der Waals surface area (Å²) in [5.74, 6) is 0. The summed E-state index contributed by atoms with van der Waals surface area (Å²) in [6.45, 7) is 3.19. The number of rotatable bonds is 1. The number of aromatic nitrogens is 1. The molecule has 0 aliphatic carbocycles. The molecule has 11 heavy (non-hydrogen) atoms. The zero-order chi connectivity index (χ0) is 7.52. The third kappa shape index (κ3) is 1.44. The average molecular weight is 151 g/mol. The molecule has 1 unspecified atom stereocenters. The Morgan fingerprint density at radius 3 is 3.00 bits per heavy atom. The van der Waals surface area contributed by atoms with Gasteiger partial charge in [-0.05, 0) is 11.6 Å². The van der Waals surface area contributed by atoms with Crippen LogP contribution in [0.4, 0.5) is 0 Å². The highest BCUT2D eigenvalue weighted by Crippen LogP contribution is 2.11. The second kappa shape index (κ2) is 3.07. The van der Waals surface area contributed by atoms with Gasteiger partial charge in [0.15, 0.2) is 0 Å². The van der Waals surface area contributed by atoms with Crippen molar-refractivity contribution in [2.75, 3.05) is 19.6 Å². The van der Waals surface area contributed by atoms with E-state index in [0.717, 1.165) is 19.6 Å². The van der Waals surface area contributed by atoms with Crippen LogP contribution >= 0.6 is 0 Å². The van der Waals surface area contributed by atoms with E-state index in [2.05, 4.69) is 21.7 Å². The van der Waals surface area contributed by atoms with Gasteiger partial charge in [-0.2, -0.15) is 0 Å². The summed E-state index contributed by atoms with van der Waals surface area (Å²) in [5, 5.41) is 6.79. The summed E-state index contributed by atoms with van der Waals surface area (Å²) in [7, 11) is 0. The summed E-state index contributed by atoms with van der Waals surface area (Å²) in [6, 6.07) is 2.61. The molecular formula is C8H13N3. The molecule has 1 aromatic rings. The van der Waals surface area contributed by atoms with Gasteiger partial charge in [-0.15, -0.1) is 0 Å². The van der Waals surface area contributed by atoms with Crippen LogP contribution in [0.15, 0.2) is 18.5 Å². The molecule has 0 saturated carbocycles. The van der Waals surface area contributed by atoms with Crippen LogP contribution < -0.4 is 10.6 Å². The minimum atomic E-state index is 0.495. The normalized spacial score (nSPS) is 25.3. The summed E-state index contributed by atoms with van der Waals surface area (Å²) in [6.07, 6.45) is 4.01. The lowest BCUT2D eigenvalue weighted by Gasteiger charge is -2.23. The molecule has 1 aliphatic rings. The van der Waals surface area contributed by atoms with Gasteiger partial charge < -0.3 is 15.6 Å². The van der Waals surface area contributed by atoms with Crippen molar-refractivity contribution in [3.63, 3.8) is 0 Å². The molecule has 3 N–H and O–H groups in total. The molecule has 0 bridgehead atoms. The highest BCUT2D eigenvalue weighted by molar-refractivity contribution is 5.14. The molecular weight excluding hydrogens is 138 g/mol. The van der Waals surface area contributed by atoms with Crippen LogP contribution in [0.25, 0.3) is 0 Å². The lowest BCUT2D eigenvalue weighted by atomic mass is 10.1. The van der Waals surface area contributed by atoms with E-state index < -0.39 is 0 Å². The largest absolute Gasteiger partial charge is 0.367 e. The highest BCUT2D eigenvalue weighted by atomic mass is 15.1. The SMILES string of the molecule is c1cc(C2CNCCN2)c[nH]1. The molecule has 2 rings (SSSR count). The minimum absolute atomic E-state index is 0.495. The van der Waals surface area contributed by atoms with E-state index in [1.54, 1.807) is 0 Å². The van der Waals surface area contributed by atoms with Gasteiger partial charge in [0.1, 0.15) is 0 Å².